The molecule has 1 aromatic carbocycles. The van der Waals surface area contributed by atoms with E-state index >= 15 is 0 Å². The Kier molecular flexibility index (Phi) is 2.87. The van der Waals surface area contributed by atoms with Crippen LogP contribution in [0.3, 0.4) is 0 Å². The Hall–Kier alpha value is -0.820. The Morgan fingerprint density at radius 1 is 1.21 bits per heavy atom. The second-order valence-electron chi connectivity index (χ2n) is 4.50. The highest BCUT2D eigenvalue weighted by Gasteiger charge is 2.31. The van der Waals surface area contributed by atoms with Crippen molar-refractivity contribution >= 4 is 0 Å². The molecule has 1 aliphatic rings. The molecule has 0 aliphatic heterocycles. The van der Waals surface area contributed by atoms with Crippen LogP contribution in [0.5, 0.6) is 0 Å². The van der Waals surface area contributed by atoms with Gasteiger partial charge in [0, 0.05) is 6.61 Å². The van der Waals surface area contributed by atoms with Crippen LogP contribution in [0.1, 0.15) is 31.2 Å². The van der Waals surface area contributed by atoms with E-state index in [2.05, 4.69) is 37.3 Å². The van der Waals surface area contributed by atoms with Gasteiger partial charge >= 0.3 is 0 Å². The fourth-order valence-corrected chi connectivity index (χ4v) is 2.59. The van der Waals surface area contributed by atoms with Gasteiger partial charge in [-0.25, -0.2) is 0 Å². The second-order valence-corrected chi connectivity index (χ2v) is 4.50. The third-order valence-electron chi connectivity index (χ3n) is 3.55. The molecule has 1 nitrogen and oxygen atoms in total. The first kappa shape index (κ1) is 9.72. The van der Waals surface area contributed by atoms with Crippen LogP contribution in [0.2, 0.25) is 0 Å². The summed E-state index contributed by atoms with van der Waals surface area (Å²) in [6, 6.07) is 10.7. The molecule has 2 rings (SSSR count). The van der Waals surface area contributed by atoms with Gasteiger partial charge < -0.3 is 5.11 Å². The molecule has 1 saturated carbocycles. The molecule has 1 fully saturated rings. The molecule has 14 heavy (non-hydrogen) atoms. The molecule has 1 N–H and O–H groups in total. The van der Waals surface area contributed by atoms with Crippen LogP contribution >= 0.6 is 0 Å². The molecular formula is C13H18O. The van der Waals surface area contributed by atoms with Gasteiger partial charge in [0.1, 0.15) is 0 Å². The Labute approximate surface area is 85.8 Å². The molecule has 0 aromatic heterocycles. The van der Waals surface area contributed by atoms with E-state index in [9.17, 15) is 5.11 Å². The molecule has 1 aliphatic carbocycles. The van der Waals surface area contributed by atoms with E-state index < -0.39 is 0 Å². The molecule has 76 valence electrons. The van der Waals surface area contributed by atoms with E-state index in [0.717, 1.165) is 6.42 Å². The summed E-state index contributed by atoms with van der Waals surface area (Å²) in [5.41, 5.74) is 1.44. The monoisotopic (exact) mass is 190 g/mol. The summed E-state index contributed by atoms with van der Waals surface area (Å²) < 4.78 is 0. The summed E-state index contributed by atoms with van der Waals surface area (Å²) in [5.74, 6) is 1.86. The molecule has 0 bridgehead atoms. The first-order chi connectivity index (χ1) is 6.81. The third kappa shape index (κ3) is 1.83. The lowest BCUT2D eigenvalue weighted by Crippen LogP contribution is -2.07. The lowest BCUT2D eigenvalue weighted by Gasteiger charge is -2.10. The number of aliphatic hydroxyl groups is 1. The molecule has 0 radical (unpaired) electrons. The Morgan fingerprint density at radius 3 is 2.50 bits per heavy atom. The van der Waals surface area contributed by atoms with E-state index in [1.54, 1.807) is 0 Å². The summed E-state index contributed by atoms with van der Waals surface area (Å²) in [4.78, 5) is 0. The van der Waals surface area contributed by atoms with Crippen molar-refractivity contribution in [3.05, 3.63) is 35.9 Å². The van der Waals surface area contributed by atoms with Crippen molar-refractivity contribution < 1.29 is 5.11 Å². The van der Waals surface area contributed by atoms with Gasteiger partial charge in [-0.2, -0.15) is 0 Å². The summed E-state index contributed by atoms with van der Waals surface area (Å²) in [6.07, 6.45) is 2.39. The van der Waals surface area contributed by atoms with Crippen LogP contribution < -0.4 is 0 Å². The number of rotatable bonds is 2. The lowest BCUT2D eigenvalue weighted by atomic mass is 9.97. The van der Waals surface area contributed by atoms with Gasteiger partial charge in [-0.05, 0) is 36.2 Å². The zero-order chi connectivity index (χ0) is 9.97. The molecule has 0 saturated heterocycles. The molecule has 0 heterocycles. The average Bonchev–Trinajstić information content (AvgIpc) is 2.61. The highest BCUT2D eigenvalue weighted by molar-refractivity contribution is 5.20. The van der Waals surface area contributed by atoms with E-state index in [4.69, 9.17) is 0 Å². The quantitative estimate of drug-likeness (QED) is 0.760. The van der Waals surface area contributed by atoms with Crippen molar-refractivity contribution in [2.75, 3.05) is 6.61 Å². The number of hydrogen-bond donors (Lipinski definition) is 1. The van der Waals surface area contributed by atoms with Crippen LogP contribution in [-0.2, 0) is 0 Å². The Morgan fingerprint density at radius 2 is 1.93 bits per heavy atom. The first-order valence-electron chi connectivity index (χ1n) is 5.47. The van der Waals surface area contributed by atoms with E-state index in [1.165, 1.54) is 12.0 Å². The Balaban J connectivity index is 2.09. The molecule has 1 aromatic rings. The highest BCUT2D eigenvalue weighted by atomic mass is 16.3. The fraction of sp³-hybridized carbons (Fsp3) is 0.538. The maximum atomic E-state index is 9.20. The van der Waals surface area contributed by atoms with Crippen LogP contribution in [0, 0.1) is 11.8 Å². The molecular weight excluding hydrogens is 172 g/mol. The predicted octanol–water partition coefficient (Wildman–Crippen LogP) is 2.81. The average molecular weight is 190 g/mol. The van der Waals surface area contributed by atoms with Crippen LogP contribution in [0.15, 0.2) is 30.3 Å². The summed E-state index contributed by atoms with van der Waals surface area (Å²) in [5, 5.41) is 9.20. The summed E-state index contributed by atoms with van der Waals surface area (Å²) in [7, 11) is 0. The molecule has 0 amide bonds. The third-order valence-corrected chi connectivity index (χ3v) is 3.55. The van der Waals surface area contributed by atoms with Gasteiger partial charge in [-0.1, -0.05) is 37.3 Å². The highest BCUT2D eigenvalue weighted by Crippen LogP contribution is 2.41. The minimum Gasteiger partial charge on any atom is -0.396 e. The maximum Gasteiger partial charge on any atom is 0.0462 e. The van der Waals surface area contributed by atoms with Crippen LogP contribution in [-0.4, -0.2) is 11.7 Å². The van der Waals surface area contributed by atoms with Crippen LogP contribution in [0.25, 0.3) is 0 Å². The maximum absolute atomic E-state index is 9.20. The lowest BCUT2D eigenvalue weighted by molar-refractivity contribution is 0.201. The van der Waals surface area contributed by atoms with Gasteiger partial charge in [-0.15, -0.1) is 0 Å². The van der Waals surface area contributed by atoms with E-state index in [0.29, 0.717) is 24.4 Å². The second kappa shape index (κ2) is 4.14. The normalized spacial score (nSPS) is 32.0. The van der Waals surface area contributed by atoms with Crippen LogP contribution in [0.4, 0.5) is 0 Å². The van der Waals surface area contributed by atoms with Gasteiger partial charge in [0.25, 0.3) is 0 Å². The van der Waals surface area contributed by atoms with Gasteiger partial charge in [0.2, 0.25) is 0 Å². The van der Waals surface area contributed by atoms with Crippen molar-refractivity contribution in [2.24, 2.45) is 11.8 Å². The molecule has 3 atom stereocenters. The largest absolute Gasteiger partial charge is 0.396 e. The summed E-state index contributed by atoms with van der Waals surface area (Å²) >= 11 is 0. The molecule has 2 unspecified atom stereocenters. The number of hydrogen-bond acceptors (Lipinski definition) is 1. The minimum absolute atomic E-state index is 0.352. The number of benzene rings is 1. The fourth-order valence-electron chi connectivity index (χ4n) is 2.59. The summed E-state index contributed by atoms with van der Waals surface area (Å²) in [6.45, 7) is 2.61. The van der Waals surface area contributed by atoms with Gasteiger partial charge in [0.05, 0.1) is 0 Å². The topological polar surface area (TPSA) is 20.2 Å². The SMILES string of the molecule is CC1CC(c2ccccc2)C[C@H]1CO. The zero-order valence-corrected chi connectivity index (χ0v) is 8.69. The van der Waals surface area contributed by atoms with Crippen molar-refractivity contribution in [2.45, 2.75) is 25.7 Å². The van der Waals surface area contributed by atoms with Crippen molar-refractivity contribution in [3.8, 4) is 0 Å². The standard InChI is InChI=1S/C13H18O/c1-10-7-12(8-13(10)9-14)11-5-3-2-4-6-11/h2-6,10,12-14H,7-9H2,1H3/t10?,12?,13-/m0/s1. The zero-order valence-electron chi connectivity index (χ0n) is 8.69. The Bertz CT molecular complexity index is 281. The predicted molar refractivity (Wildman–Crippen MR) is 58.2 cm³/mol. The van der Waals surface area contributed by atoms with Crippen molar-refractivity contribution in [3.63, 3.8) is 0 Å². The smallest absolute Gasteiger partial charge is 0.0462 e. The molecule has 1 heteroatoms. The van der Waals surface area contributed by atoms with Gasteiger partial charge in [-0.3, -0.25) is 0 Å². The van der Waals surface area contributed by atoms with E-state index in [1.807, 2.05) is 0 Å². The van der Waals surface area contributed by atoms with Crippen molar-refractivity contribution in [1.82, 2.24) is 0 Å². The molecule has 0 spiro atoms. The van der Waals surface area contributed by atoms with Crippen molar-refractivity contribution in [1.29, 1.82) is 0 Å². The number of aliphatic hydroxyl groups excluding tert-OH is 1. The van der Waals surface area contributed by atoms with Gasteiger partial charge in [0.15, 0.2) is 0 Å². The van der Waals surface area contributed by atoms with E-state index in [-0.39, 0.29) is 0 Å². The minimum atomic E-state index is 0.352. The first-order valence-corrected chi connectivity index (χ1v) is 5.47.